The van der Waals surface area contributed by atoms with Crippen molar-refractivity contribution in [1.29, 1.82) is 0 Å². The van der Waals surface area contributed by atoms with Gasteiger partial charge in [0.05, 0.1) is 0 Å². The van der Waals surface area contributed by atoms with Gasteiger partial charge in [0.15, 0.2) is 0 Å². The second-order valence-corrected chi connectivity index (χ2v) is 7.11. The standard InChI is InChI=1S/C20H31N/c1-21-20(17-10-5-3-2-4-6-11-17)19-14-13-16-9-7-8-12-18(16)15-19/h13-15,17,20-21H,2-12H2,1H3. The van der Waals surface area contributed by atoms with Gasteiger partial charge in [-0.25, -0.2) is 0 Å². The second-order valence-electron chi connectivity index (χ2n) is 7.11. The molecule has 1 N–H and O–H groups in total. The molecule has 1 unspecified atom stereocenters. The van der Waals surface area contributed by atoms with E-state index in [9.17, 15) is 0 Å². The highest BCUT2D eigenvalue weighted by Crippen LogP contribution is 2.34. The molecular formula is C20H31N. The fraction of sp³-hybridized carbons (Fsp3) is 0.700. The molecule has 0 saturated heterocycles. The lowest BCUT2D eigenvalue weighted by Gasteiger charge is -2.30. The van der Waals surface area contributed by atoms with E-state index in [0.717, 1.165) is 5.92 Å². The van der Waals surface area contributed by atoms with Crippen LogP contribution in [0.15, 0.2) is 18.2 Å². The smallest absolute Gasteiger partial charge is 0.0346 e. The van der Waals surface area contributed by atoms with Crippen molar-refractivity contribution < 1.29 is 0 Å². The Morgan fingerprint density at radius 2 is 1.52 bits per heavy atom. The molecule has 0 spiro atoms. The van der Waals surface area contributed by atoms with Crippen LogP contribution in [0.5, 0.6) is 0 Å². The summed E-state index contributed by atoms with van der Waals surface area (Å²) in [5, 5.41) is 3.64. The van der Waals surface area contributed by atoms with Gasteiger partial charge in [-0.15, -0.1) is 0 Å². The first-order valence-corrected chi connectivity index (χ1v) is 9.17. The minimum atomic E-state index is 0.565. The highest BCUT2D eigenvalue weighted by Gasteiger charge is 2.23. The van der Waals surface area contributed by atoms with Crippen molar-refractivity contribution in [2.75, 3.05) is 7.05 Å². The molecule has 3 rings (SSSR count). The molecule has 0 amide bonds. The fourth-order valence-electron chi connectivity index (χ4n) is 4.44. The molecule has 1 saturated carbocycles. The quantitative estimate of drug-likeness (QED) is 0.806. The first kappa shape index (κ1) is 15.1. The lowest BCUT2D eigenvalue weighted by molar-refractivity contribution is 0.299. The molecule has 0 bridgehead atoms. The molecule has 0 radical (unpaired) electrons. The van der Waals surface area contributed by atoms with Gasteiger partial charge in [0.1, 0.15) is 0 Å². The topological polar surface area (TPSA) is 12.0 Å². The van der Waals surface area contributed by atoms with Crippen molar-refractivity contribution in [3.8, 4) is 0 Å². The van der Waals surface area contributed by atoms with Gasteiger partial charge in [0.2, 0.25) is 0 Å². The number of hydrogen-bond acceptors (Lipinski definition) is 1. The Balaban J connectivity index is 1.78. The molecule has 1 aromatic rings. The van der Waals surface area contributed by atoms with E-state index in [1.807, 2.05) is 0 Å². The molecule has 116 valence electrons. The first-order valence-electron chi connectivity index (χ1n) is 9.17. The third-order valence-corrected chi connectivity index (χ3v) is 5.66. The van der Waals surface area contributed by atoms with Crippen LogP contribution in [0.4, 0.5) is 0 Å². The lowest BCUT2D eigenvalue weighted by atomic mass is 9.81. The Labute approximate surface area is 130 Å². The van der Waals surface area contributed by atoms with Crippen molar-refractivity contribution in [3.63, 3.8) is 0 Å². The summed E-state index contributed by atoms with van der Waals surface area (Å²) in [5.74, 6) is 0.831. The maximum atomic E-state index is 3.64. The van der Waals surface area contributed by atoms with Gasteiger partial charge >= 0.3 is 0 Å². The summed E-state index contributed by atoms with van der Waals surface area (Å²) in [6, 6.07) is 7.91. The molecule has 1 nitrogen and oxygen atoms in total. The summed E-state index contributed by atoms with van der Waals surface area (Å²) in [5.41, 5.74) is 4.78. The molecule has 1 heteroatoms. The van der Waals surface area contributed by atoms with Crippen LogP contribution in [0, 0.1) is 5.92 Å². The molecule has 0 heterocycles. The second kappa shape index (κ2) is 7.45. The number of hydrogen-bond donors (Lipinski definition) is 1. The van der Waals surface area contributed by atoms with Crippen molar-refractivity contribution in [3.05, 3.63) is 34.9 Å². The van der Waals surface area contributed by atoms with Gasteiger partial charge in [-0.2, -0.15) is 0 Å². The zero-order chi connectivity index (χ0) is 14.5. The predicted molar refractivity (Wildman–Crippen MR) is 90.7 cm³/mol. The van der Waals surface area contributed by atoms with Crippen LogP contribution in [-0.2, 0) is 12.8 Å². The highest BCUT2D eigenvalue weighted by molar-refractivity contribution is 5.35. The normalized spacial score (nSPS) is 22.1. The van der Waals surface area contributed by atoms with E-state index in [0.29, 0.717) is 6.04 Å². The monoisotopic (exact) mass is 285 g/mol. The van der Waals surface area contributed by atoms with Crippen molar-refractivity contribution >= 4 is 0 Å². The van der Waals surface area contributed by atoms with Gasteiger partial charge in [-0.1, -0.05) is 50.3 Å². The van der Waals surface area contributed by atoms with Crippen LogP contribution in [0.2, 0.25) is 0 Å². The maximum Gasteiger partial charge on any atom is 0.0346 e. The molecule has 0 aliphatic heterocycles. The number of rotatable bonds is 3. The van der Waals surface area contributed by atoms with Crippen LogP contribution < -0.4 is 5.32 Å². The number of aryl methyl sites for hydroxylation is 2. The zero-order valence-electron chi connectivity index (χ0n) is 13.7. The van der Waals surface area contributed by atoms with Crippen LogP contribution in [-0.4, -0.2) is 7.05 Å². The minimum absolute atomic E-state index is 0.565. The predicted octanol–water partition coefficient (Wildman–Crippen LogP) is 5.19. The number of nitrogens with one attached hydrogen (secondary N) is 1. The average molecular weight is 285 g/mol. The van der Waals surface area contributed by atoms with E-state index in [-0.39, 0.29) is 0 Å². The number of benzene rings is 1. The Kier molecular flexibility index (Phi) is 5.35. The average Bonchev–Trinajstić information content (AvgIpc) is 2.49. The molecular weight excluding hydrogens is 254 g/mol. The van der Waals surface area contributed by atoms with E-state index >= 15 is 0 Å². The fourth-order valence-corrected chi connectivity index (χ4v) is 4.44. The summed E-state index contributed by atoms with van der Waals surface area (Å²) < 4.78 is 0. The summed E-state index contributed by atoms with van der Waals surface area (Å²) in [7, 11) is 2.16. The van der Waals surface area contributed by atoms with Gasteiger partial charge < -0.3 is 5.32 Å². The maximum absolute atomic E-state index is 3.64. The van der Waals surface area contributed by atoms with Gasteiger partial charge in [0.25, 0.3) is 0 Å². The van der Waals surface area contributed by atoms with E-state index in [1.165, 1.54) is 70.6 Å². The van der Waals surface area contributed by atoms with E-state index < -0.39 is 0 Å². The largest absolute Gasteiger partial charge is 0.313 e. The lowest BCUT2D eigenvalue weighted by Crippen LogP contribution is -2.26. The third-order valence-electron chi connectivity index (χ3n) is 5.66. The Bertz CT molecular complexity index is 443. The summed E-state index contributed by atoms with van der Waals surface area (Å²) in [6.07, 6.45) is 15.3. The Hall–Kier alpha value is -0.820. The van der Waals surface area contributed by atoms with E-state index in [2.05, 4.69) is 30.6 Å². The van der Waals surface area contributed by atoms with Crippen LogP contribution >= 0.6 is 0 Å². The molecule has 2 aliphatic carbocycles. The van der Waals surface area contributed by atoms with E-state index in [1.54, 1.807) is 16.7 Å². The Morgan fingerprint density at radius 3 is 2.24 bits per heavy atom. The van der Waals surface area contributed by atoms with E-state index in [4.69, 9.17) is 0 Å². The highest BCUT2D eigenvalue weighted by atomic mass is 14.9. The summed E-state index contributed by atoms with van der Waals surface area (Å²) in [6.45, 7) is 0. The van der Waals surface area contributed by atoms with Crippen LogP contribution in [0.25, 0.3) is 0 Å². The van der Waals surface area contributed by atoms with Crippen LogP contribution in [0.1, 0.15) is 80.5 Å². The van der Waals surface area contributed by atoms with Gasteiger partial charge in [0, 0.05) is 6.04 Å². The molecule has 0 aromatic heterocycles. The zero-order valence-corrected chi connectivity index (χ0v) is 13.7. The first-order chi connectivity index (χ1) is 10.4. The molecule has 1 fully saturated rings. The van der Waals surface area contributed by atoms with Crippen molar-refractivity contribution in [2.24, 2.45) is 5.92 Å². The molecule has 21 heavy (non-hydrogen) atoms. The van der Waals surface area contributed by atoms with Crippen LogP contribution in [0.3, 0.4) is 0 Å². The van der Waals surface area contributed by atoms with Gasteiger partial charge in [-0.05, 0) is 68.2 Å². The molecule has 2 aliphatic rings. The summed E-state index contributed by atoms with van der Waals surface area (Å²) >= 11 is 0. The van der Waals surface area contributed by atoms with Crippen molar-refractivity contribution in [2.45, 2.75) is 76.7 Å². The summed E-state index contributed by atoms with van der Waals surface area (Å²) in [4.78, 5) is 0. The number of fused-ring (bicyclic) bond motifs is 1. The molecule has 1 aromatic carbocycles. The SMILES string of the molecule is CNC(c1ccc2c(c1)CCCC2)C1CCCCCCC1. The Morgan fingerprint density at radius 1 is 0.857 bits per heavy atom. The third kappa shape index (κ3) is 3.69. The van der Waals surface area contributed by atoms with Gasteiger partial charge in [-0.3, -0.25) is 0 Å². The van der Waals surface area contributed by atoms with Crippen molar-refractivity contribution in [1.82, 2.24) is 5.32 Å². The molecule has 1 atom stereocenters. The minimum Gasteiger partial charge on any atom is -0.313 e.